The Hall–Kier alpha value is -1.05. The molecule has 1 aliphatic rings. The van der Waals surface area contributed by atoms with Gasteiger partial charge >= 0.3 is 5.97 Å². The number of rotatable bonds is 5. The van der Waals surface area contributed by atoms with Gasteiger partial charge in [-0.3, -0.25) is 4.90 Å². The quantitative estimate of drug-likeness (QED) is 0.561. The fourth-order valence-electron chi connectivity index (χ4n) is 2.12. The first-order valence-electron chi connectivity index (χ1n) is 6.86. The zero-order valence-electron chi connectivity index (χ0n) is 12.3. The van der Waals surface area contributed by atoms with E-state index in [9.17, 15) is 4.79 Å². The SMILES string of the molecule is C#CCN1CCC(COCC(=O)OC(C)(C)C)CC1. The summed E-state index contributed by atoms with van der Waals surface area (Å²) in [7, 11) is 0. The van der Waals surface area contributed by atoms with E-state index >= 15 is 0 Å². The van der Waals surface area contributed by atoms with Crippen molar-refractivity contribution in [2.24, 2.45) is 5.92 Å². The molecule has 19 heavy (non-hydrogen) atoms. The smallest absolute Gasteiger partial charge is 0.332 e. The fourth-order valence-corrected chi connectivity index (χ4v) is 2.12. The van der Waals surface area contributed by atoms with E-state index in [0.29, 0.717) is 12.5 Å². The van der Waals surface area contributed by atoms with Crippen LogP contribution in [0.3, 0.4) is 0 Å². The van der Waals surface area contributed by atoms with Gasteiger partial charge < -0.3 is 9.47 Å². The molecule has 4 nitrogen and oxygen atoms in total. The number of likely N-dealkylation sites (tertiary alicyclic amines) is 1. The average molecular weight is 267 g/mol. The predicted molar refractivity (Wildman–Crippen MR) is 74.7 cm³/mol. The first kappa shape index (κ1) is 16.0. The first-order valence-corrected chi connectivity index (χ1v) is 6.86. The van der Waals surface area contributed by atoms with Crippen LogP contribution in [0, 0.1) is 18.3 Å². The fraction of sp³-hybridized carbons (Fsp3) is 0.800. The van der Waals surface area contributed by atoms with Crippen LogP contribution in [0.4, 0.5) is 0 Å². The summed E-state index contributed by atoms with van der Waals surface area (Å²) in [4.78, 5) is 13.7. The molecule has 4 heteroatoms. The molecule has 1 saturated heterocycles. The van der Waals surface area contributed by atoms with Crippen molar-refractivity contribution in [3.63, 3.8) is 0 Å². The largest absolute Gasteiger partial charge is 0.458 e. The third-order valence-electron chi connectivity index (χ3n) is 3.02. The number of ether oxygens (including phenoxy) is 2. The minimum absolute atomic E-state index is 0.0435. The van der Waals surface area contributed by atoms with Crippen molar-refractivity contribution in [3.05, 3.63) is 0 Å². The summed E-state index contributed by atoms with van der Waals surface area (Å²) in [5.41, 5.74) is -0.443. The van der Waals surface area contributed by atoms with Gasteiger partial charge in [0.2, 0.25) is 0 Å². The van der Waals surface area contributed by atoms with Gasteiger partial charge in [0, 0.05) is 0 Å². The molecular formula is C15H25NO3. The summed E-state index contributed by atoms with van der Waals surface area (Å²) in [5.74, 6) is 2.90. The molecule has 0 aromatic rings. The average Bonchev–Trinajstić information content (AvgIpc) is 2.29. The Morgan fingerprint density at radius 1 is 1.37 bits per heavy atom. The van der Waals surface area contributed by atoms with Crippen LogP contribution in [-0.2, 0) is 14.3 Å². The molecule has 1 heterocycles. The van der Waals surface area contributed by atoms with Crippen LogP contribution >= 0.6 is 0 Å². The Bertz CT molecular complexity index is 319. The highest BCUT2D eigenvalue weighted by Gasteiger charge is 2.20. The third-order valence-corrected chi connectivity index (χ3v) is 3.02. The van der Waals surface area contributed by atoms with E-state index in [-0.39, 0.29) is 12.6 Å². The second-order valence-corrected chi connectivity index (χ2v) is 6.03. The number of nitrogens with zero attached hydrogens (tertiary/aromatic N) is 1. The molecule has 0 saturated carbocycles. The highest BCUT2D eigenvalue weighted by atomic mass is 16.6. The maximum atomic E-state index is 11.5. The lowest BCUT2D eigenvalue weighted by molar-refractivity contribution is -0.160. The molecular weight excluding hydrogens is 242 g/mol. The van der Waals surface area contributed by atoms with Crippen molar-refractivity contribution >= 4 is 5.97 Å². The maximum Gasteiger partial charge on any atom is 0.332 e. The summed E-state index contributed by atoms with van der Waals surface area (Å²) in [6.45, 7) is 9.00. The number of terminal acetylenes is 1. The molecule has 0 amide bonds. The number of hydrogen-bond acceptors (Lipinski definition) is 4. The van der Waals surface area contributed by atoms with Crippen molar-refractivity contribution in [2.75, 3.05) is 32.8 Å². The van der Waals surface area contributed by atoms with Crippen LogP contribution in [0.15, 0.2) is 0 Å². The molecule has 0 atom stereocenters. The van der Waals surface area contributed by atoms with Crippen molar-refractivity contribution < 1.29 is 14.3 Å². The normalized spacial score (nSPS) is 18.0. The van der Waals surface area contributed by atoms with E-state index in [0.717, 1.165) is 32.5 Å². The van der Waals surface area contributed by atoms with Gasteiger partial charge in [-0.1, -0.05) is 5.92 Å². The van der Waals surface area contributed by atoms with Crippen LogP contribution < -0.4 is 0 Å². The lowest BCUT2D eigenvalue weighted by atomic mass is 9.98. The standard InChI is InChI=1S/C15H25NO3/c1-5-8-16-9-6-13(7-10-16)11-18-12-14(17)19-15(2,3)4/h1,13H,6-12H2,2-4H3. The highest BCUT2D eigenvalue weighted by molar-refractivity contribution is 5.71. The molecule has 0 aliphatic carbocycles. The van der Waals surface area contributed by atoms with E-state index in [1.807, 2.05) is 20.8 Å². The number of carbonyl (C=O) groups excluding carboxylic acids is 1. The summed E-state index contributed by atoms with van der Waals surface area (Å²) < 4.78 is 10.6. The summed E-state index contributed by atoms with van der Waals surface area (Å²) in [6, 6.07) is 0. The lowest BCUT2D eigenvalue weighted by Gasteiger charge is -2.30. The van der Waals surface area contributed by atoms with Crippen LogP contribution in [0.2, 0.25) is 0 Å². The second kappa shape index (κ2) is 7.52. The molecule has 1 fully saturated rings. The minimum atomic E-state index is -0.443. The van der Waals surface area contributed by atoms with Gasteiger partial charge in [0.05, 0.1) is 13.2 Å². The first-order chi connectivity index (χ1) is 8.90. The molecule has 0 spiro atoms. The van der Waals surface area contributed by atoms with Crippen LogP contribution in [0.5, 0.6) is 0 Å². The third kappa shape index (κ3) is 7.19. The molecule has 0 bridgehead atoms. The Morgan fingerprint density at radius 2 is 2.00 bits per heavy atom. The van der Waals surface area contributed by atoms with Gasteiger partial charge in [0.1, 0.15) is 12.2 Å². The molecule has 0 unspecified atom stereocenters. The van der Waals surface area contributed by atoms with E-state index < -0.39 is 5.60 Å². The van der Waals surface area contributed by atoms with Crippen LogP contribution in [-0.4, -0.2) is 49.3 Å². The van der Waals surface area contributed by atoms with Gasteiger partial charge in [-0.2, -0.15) is 0 Å². The van der Waals surface area contributed by atoms with Crippen molar-refractivity contribution in [2.45, 2.75) is 39.2 Å². The van der Waals surface area contributed by atoms with E-state index in [2.05, 4.69) is 10.8 Å². The lowest BCUT2D eigenvalue weighted by Crippen LogP contribution is -2.35. The minimum Gasteiger partial charge on any atom is -0.458 e. The van der Waals surface area contributed by atoms with Gasteiger partial charge in [0.15, 0.2) is 0 Å². The Kier molecular flexibility index (Phi) is 6.33. The summed E-state index contributed by atoms with van der Waals surface area (Å²) in [5, 5.41) is 0. The van der Waals surface area contributed by atoms with Crippen molar-refractivity contribution in [3.8, 4) is 12.3 Å². The van der Waals surface area contributed by atoms with Gasteiger partial charge in [-0.15, -0.1) is 6.42 Å². The van der Waals surface area contributed by atoms with Gasteiger partial charge in [-0.05, 0) is 52.6 Å². The van der Waals surface area contributed by atoms with Crippen LogP contribution in [0.1, 0.15) is 33.6 Å². The Morgan fingerprint density at radius 3 is 2.53 bits per heavy atom. The molecule has 108 valence electrons. The topological polar surface area (TPSA) is 38.8 Å². The molecule has 0 aromatic heterocycles. The zero-order valence-corrected chi connectivity index (χ0v) is 12.3. The van der Waals surface area contributed by atoms with Crippen molar-refractivity contribution in [1.29, 1.82) is 0 Å². The molecule has 0 radical (unpaired) electrons. The number of esters is 1. The van der Waals surface area contributed by atoms with E-state index in [4.69, 9.17) is 15.9 Å². The Balaban J connectivity index is 2.11. The monoisotopic (exact) mass is 267 g/mol. The number of carbonyl (C=O) groups is 1. The second-order valence-electron chi connectivity index (χ2n) is 6.03. The summed E-state index contributed by atoms with van der Waals surface area (Å²) >= 11 is 0. The molecule has 1 rings (SSSR count). The van der Waals surface area contributed by atoms with E-state index in [1.54, 1.807) is 0 Å². The summed E-state index contributed by atoms with van der Waals surface area (Å²) in [6.07, 6.45) is 7.45. The zero-order chi connectivity index (χ0) is 14.3. The van der Waals surface area contributed by atoms with Crippen LogP contribution in [0.25, 0.3) is 0 Å². The number of piperidine rings is 1. The highest BCUT2D eigenvalue weighted by Crippen LogP contribution is 2.17. The molecule has 0 N–H and O–H groups in total. The van der Waals surface area contributed by atoms with Crippen molar-refractivity contribution in [1.82, 2.24) is 4.90 Å². The van der Waals surface area contributed by atoms with Gasteiger partial charge in [-0.25, -0.2) is 4.79 Å². The van der Waals surface area contributed by atoms with E-state index in [1.165, 1.54) is 0 Å². The Labute approximate surface area is 116 Å². The maximum absolute atomic E-state index is 11.5. The molecule has 0 aromatic carbocycles. The van der Waals surface area contributed by atoms with Gasteiger partial charge in [0.25, 0.3) is 0 Å². The molecule has 1 aliphatic heterocycles. The number of hydrogen-bond donors (Lipinski definition) is 0. The predicted octanol–water partition coefficient (Wildman–Crippen LogP) is 1.69.